The van der Waals surface area contributed by atoms with E-state index >= 15 is 0 Å². The minimum absolute atomic E-state index is 0.0353. The lowest BCUT2D eigenvalue weighted by atomic mass is 10.2. The molecule has 1 N–H and O–H groups in total. The van der Waals surface area contributed by atoms with E-state index in [1.807, 2.05) is 0 Å². The molecule has 214 valence electrons. The first-order valence-corrected chi connectivity index (χ1v) is 16.1. The number of hydrogen-bond donors (Lipinski definition) is 1. The monoisotopic (exact) mass is 645 g/mol. The van der Waals surface area contributed by atoms with Crippen LogP contribution < -0.4 is 5.32 Å². The van der Waals surface area contributed by atoms with Gasteiger partial charge in [-0.2, -0.15) is 8.61 Å². The Morgan fingerprint density at radius 2 is 1.45 bits per heavy atom. The van der Waals surface area contributed by atoms with Crippen molar-refractivity contribution in [2.75, 3.05) is 32.8 Å². The van der Waals surface area contributed by atoms with Crippen molar-refractivity contribution in [3.63, 3.8) is 0 Å². The van der Waals surface area contributed by atoms with Crippen LogP contribution in [0.1, 0.15) is 11.1 Å². The second kappa shape index (κ2) is 13.2. The third kappa shape index (κ3) is 7.54. The first-order valence-electron chi connectivity index (χ1n) is 12.1. The molecule has 1 aliphatic heterocycles. The van der Waals surface area contributed by atoms with Gasteiger partial charge in [0.2, 0.25) is 26.0 Å². The zero-order chi connectivity index (χ0) is 28.9. The number of carbonyl (C=O) groups is 1. The first kappa shape index (κ1) is 30.7. The van der Waals surface area contributed by atoms with Crippen molar-refractivity contribution in [2.45, 2.75) is 22.9 Å². The second-order valence-electron chi connectivity index (χ2n) is 8.90. The summed E-state index contributed by atoms with van der Waals surface area (Å²) in [7, 11) is -7.75. The van der Waals surface area contributed by atoms with Gasteiger partial charge >= 0.3 is 0 Å². The zero-order valence-corrected chi connectivity index (χ0v) is 25.0. The lowest BCUT2D eigenvalue weighted by Gasteiger charge is -2.26. The van der Waals surface area contributed by atoms with Crippen LogP contribution in [0.2, 0.25) is 15.1 Å². The molecule has 0 spiro atoms. The number of nitrogens with one attached hydrogen (secondary N) is 1. The van der Waals surface area contributed by atoms with Gasteiger partial charge in [-0.25, -0.2) is 16.8 Å². The number of halogens is 3. The molecule has 0 bridgehead atoms. The number of morpholine rings is 1. The van der Waals surface area contributed by atoms with E-state index in [4.69, 9.17) is 39.5 Å². The van der Waals surface area contributed by atoms with Crippen LogP contribution in [0.3, 0.4) is 0 Å². The molecule has 9 nitrogen and oxygen atoms in total. The molecule has 0 atom stereocenters. The summed E-state index contributed by atoms with van der Waals surface area (Å²) in [6.07, 6.45) is 0. The Kier molecular flexibility index (Phi) is 10.1. The van der Waals surface area contributed by atoms with Crippen LogP contribution in [0.4, 0.5) is 0 Å². The van der Waals surface area contributed by atoms with Gasteiger partial charge in [-0.15, -0.1) is 0 Å². The van der Waals surface area contributed by atoms with Gasteiger partial charge in [0.15, 0.2) is 0 Å². The molecule has 3 aromatic rings. The normalized spacial score (nSPS) is 14.8. The minimum atomic E-state index is -4.11. The number of nitrogens with zero attached hydrogens (tertiary/aromatic N) is 2. The van der Waals surface area contributed by atoms with Crippen molar-refractivity contribution < 1.29 is 26.4 Å². The maximum Gasteiger partial charge on any atom is 0.243 e. The van der Waals surface area contributed by atoms with E-state index in [1.54, 1.807) is 24.3 Å². The number of carbonyl (C=O) groups excluding carboxylic acids is 1. The van der Waals surface area contributed by atoms with E-state index in [2.05, 4.69) is 5.32 Å². The predicted octanol–water partition coefficient (Wildman–Crippen LogP) is 4.18. The van der Waals surface area contributed by atoms with E-state index in [0.29, 0.717) is 34.4 Å². The average Bonchev–Trinajstić information content (AvgIpc) is 2.94. The van der Waals surface area contributed by atoms with E-state index in [9.17, 15) is 21.6 Å². The Balaban J connectivity index is 1.46. The Morgan fingerprint density at radius 3 is 2.08 bits per heavy atom. The standard InChI is InChI=1S/C26H26Cl3N3O6S2/c27-21-5-9-24(10-6-21)40(36,37)32(17-20-3-4-22(28)15-25(20)29)18-26(33)30-16-19-1-7-23(8-2-19)39(34,35)31-11-13-38-14-12-31/h1-10,15H,11-14,16-18H2,(H,30,33). The summed E-state index contributed by atoms with van der Waals surface area (Å²) in [6.45, 7) is 0.660. The van der Waals surface area contributed by atoms with Gasteiger partial charge in [-0.1, -0.05) is 53.0 Å². The van der Waals surface area contributed by atoms with Gasteiger partial charge in [0.05, 0.1) is 29.5 Å². The summed E-state index contributed by atoms with van der Waals surface area (Å²) in [5.41, 5.74) is 1.11. The van der Waals surface area contributed by atoms with Crippen molar-refractivity contribution in [1.29, 1.82) is 0 Å². The predicted molar refractivity (Wildman–Crippen MR) is 153 cm³/mol. The van der Waals surface area contributed by atoms with Gasteiger partial charge in [0.1, 0.15) is 0 Å². The molecular formula is C26H26Cl3N3O6S2. The van der Waals surface area contributed by atoms with E-state index in [1.165, 1.54) is 46.8 Å². The van der Waals surface area contributed by atoms with Crippen molar-refractivity contribution >= 4 is 60.8 Å². The lowest BCUT2D eigenvalue weighted by molar-refractivity contribution is -0.121. The highest BCUT2D eigenvalue weighted by Crippen LogP contribution is 2.26. The molecule has 1 heterocycles. The fraction of sp³-hybridized carbons (Fsp3) is 0.269. The molecule has 1 fully saturated rings. The largest absolute Gasteiger partial charge is 0.379 e. The molecule has 40 heavy (non-hydrogen) atoms. The Morgan fingerprint density at radius 1 is 0.850 bits per heavy atom. The number of sulfonamides is 2. The van der Waals surface area contributed by atoms with Crippen LogP contribution >= 0.6 is 34.8 Å². The molecule has 0 radical (unpaired) electrons. The van der Waals surface area contributed by atoms with Gasteiger partial charge in [-0.3, -0.25) is 4.79 Å². The molecule has 0 aliphatic carbocycles. The summed E-state index contributed by atoms with van der Waals surface area (Å²) >= 11 is 18.2. The smallest absolute Gasteiger partial charge is 0.243 e. The van der Waals surface area contributed by atoms with Crippen LogP contribution in [0.25, 0.3) is 0 Å². The van der Waals surface area contributed by atoms with Crippen LogP contribution in [0, 0.1) is 0 Å². The van der Waals surface area contributed by atoms with Crippen molar-refractivity contribution in [3.05, 3.63) is 92.9 Å². The van der Waals surface area contributed by atoms with Crippen LogP contribution in [0.5, 0.6) is 0 Å². The number of amides is 1. The molecule has 3 aromatic carbocycles. The summed E-state index contributed by atoms with van der Waals surface area (Å²) < 4.78 is 60.2. The van der Waals surface area contributed by atoms with E-state index in [-0.39, 0.29) is 41.0 Å². The maximum absolute atomic E-state index is 13.5. The summed E-state index contributed by atoms with van der Waals surface area (Å²) in [5, 5.41) is 3.72. The summed E-state index contributed by atoms with van der Waals surface area (Å²) in [6, 6.07) is 16.4. The third-order valence-electron chi connectivity index (χ3n) is 6.15. The van der Waals surface area contributed by atoms with Gasteiger partial charge in [0.25, 0.3) is 0 Å². The van der Waals surface area contributed by atoms with Gasteiger partial charge < -0.3 is 10.1 Å². The van der Waals surface area contributed by atoms with Crippen molar-refractivity contribution in [3.8, 4) is 0 Å². The second-order valence-corrected chi connectivity index (χ2v) is 14.1. The highest BCUT2D eigenvalue weighted by atomic mass is 35.5. The topological polar surface area (TPSA) is 113 Å². The SMILES string of the molecule is O=C(CN(Cc1ccc(Cl)cc1Cl)S(=O)(=O)c1ccc(Cl)cc1)NCc1ccc(S(=O)(=O)N2CCOCC2)cc1. The minimum Gasteiger partial charge on any atom is -0.379 e. The molecule has 14 heteroatoms. The molecule has 0 saturated carbocycles. The number of rotatable bonds is 10. The highest BCUT2D eigenvalue weighted by molar-refractivity contribution is 7.89. The molecule has 0 unspecified atom stereocenters. The lowest BCUT2D eigenvalue weighted by Crippen LogP contribution is -2.40. The van der Waals surface area contributed by atoms with E-state index in [0.717, 1.165) is 4.31 Å². The highest BCUT2D eigenvalue weighted by Gasteiger charge is 2.28. The van der Waals surface area contributed by atoms with Crippen molar-refractivity contribution in [1.82, 2.24) is 13.9 Å². The Hall–Kier alpha value is -2.22. The maximum atomic E-state index is 13.5. The summed E-state index contributed by atoms with van der Waals surface area (Å²) in [4.78, 5) is 13.0. The van der Waals surface area contributed by atoms with Gasteiger partial charge in [-0.05, 0) is 59.7 Å². The van der Waals surface area contributed by atoms with Crippen LogP contribution in [0.15, 0.2) is 76.5 Å². The third-order valence-corrected chi connectivity index (χ3v) is 10.7. The fourth-order valence-corrected chi connectivity index (χ4v) is 7.33. The first-order chi connectivity index (χ1) is 19.0. The molecule has 0 aromatic heterocycles. The van der Waals surface area contributed by atoms with Crippen LogP contribution in [-0.2, 0) is 42.7 Å². The van der Waals surface area contributed by atoms with Gasteiger partial charge in [0, 0.05) is 41.2 Å². The number of hydrogen-bond acceptors (Lipinski definition) is 6. The zero-order valence-electron chi connectivity index (χ0n) is 21.1. The Bertz CT molecular complexity index is 1560. The quantitative estimate of drug-likeness (QED) is 0.354. The number of benzene rings is 3. The fourth-order valence-electron chi connectivity index (χ4n) is 3.95. The molecular weight excluding hydrogens is 621 g/mol. The number of ether oxygens (including phenoxy) is 1. The molecule has 4 rings (SSSR count). The van der Waals surface area contributed by atoms with E-state index < -0.39 is 32.5 Å². The summed E-state index contributed by atoms with van der Waals surface area (Å²) in [5.74, 6) is -0.562. The molecule has 1 aliphatic rings. The van der Waals surface area contributed by atoms with Crippen LogP contribution in [-0.4, -0.2) is 64.2 Å². The van der Waals surface area contributed by atoms with Crippen molar-refractivity contribution in [2.24, 2.45) is 0 Å². The average molecular weight is 647 g/mol. The Labute approximate surface area is 248 Å². The molecule has 1 saturated heterocycles. The molecule has 1 amide bonds.